The summed E-state index contributed by atoms with van der Waals surface area (Å²) in [7, 11) is -2.53. The maximum absolute atomic E-state index is 12.9. The highest BCUT2D eigenvalue weighted by Gasteiger charge is 2.31. The Labute approximate surface area is 185 Å². The van der Waals surface area contributed by atoms with E-state index in [9.17, 15) is 26.4 Å². The van der Waals surface area contributed by atoms with E-state index >= 15 is 0 Å². The van der Waals surface area contributed by atoms with Crippen LogP contribution in [0.15, 0.2) is 47.4 Å². The zero-order chi connectivity index (χ0) is 23.5. The zero-order valence-electron chi connectivity index (χ0n) is 17.8. The first-order chi connectivity index (χ1) is 15.0. The van der Waals surface area contributed by atoms with Gasteiger partial charge in [0.2, 0.25) is 10.0 Å². The Hall–Kier alpha value is -2.43. The Morgan fingerprint density at radius 2 is 1.84 bits per heavy atom. The lowest BCUT2D eigenvalue weighted by Crippen LogP contribution is -2.44. The fourth-order valence-corrected chi connectivity index (χ4v) is 5.32. The summed E-state index contributed by atoms with van der Waals surface area (Å²) in [5, 5.41) is 0. The van der Waals surface area contributed by atoms with Crippen LogP contribution < -0.4 is 4.72 Å². The van der Waals surface area contributed by atoms with Crippen molar-refractivity contribution in [2.75, 3.05) is 20.2 Å². The third kappa shape index (κ3) is 5.87. The Kier molecular flexibility index (Phi) is 7.26. The summed E-state index contributed by atoms with van der Waals surface area (Å²) in [4.78, 5) is 13.7. The molecule has 1 N–H and O–H groups in total. The molecule has 0 bridgehead atoms. The van der Waals surface area contributed by atoms with Crippen LogP contribution in [0.5, 0.6) is 0 Å². The van der Waals surface area contributed by atoms with E-state index in [-0.39, 0.29) is 16.5 Å². The van der Waals surface area contributed by atoms with Crippen LogP contribution in [0.25, 0.3) is 0 Å². The van der Waals surface area contributed by atoms with Crippen molar-refractivity contribution in [2.45, 2.75) is 43.4 Å². The quantitative estimate of drug-likeness (QED) is 0.651. The Bertz CT molecular complexity index is 1080. The zero-order valence-corrected chi connectivity index (χ0v) is 18.6. The number of likely N-dealkylation sites (tertiary alicyclic amines) is 1. The van der Waals surface area contributed by atoms with Gasteiger partial charge in [-0.3, -0.25) is 4.90 Å². The standard InChI is InChI=1S/C22H25F3N2O4S/c1-15-12-17(21(28)31-2)6-7-20(15)32(29,30)26-19-8-10-27(11-9-19)14-16-4-3-5-18(13-16)22(23,24)25/h3-7,12-13,19,26H,8-11,14H2,1-2H3. The van der Waals surface area contributed by atoms with E-state index in [1.165, 1.54) is 31.4 Å². The lowest BCUT2D eigenvalue weighted by Gasteiger charge is -2.32. The highest BCUT2D eigenvalue weighted by molar-refractivity contribution is 7.89. The SMILES string of the molecule is COC(=O)c1ccc(S(=O)(=O)NC2CCN(Cc3cccc(C(F)(F)F)c3)CC2)c(C)c1. The van der Waals surface area contributed by atoms with Crippen molar-refractivity contribution in [1.29, 1.82) is 0 Å². The topological polar surface area (TPSA) is 75.7 Å². The molecule has 0 radical (unpaired) electrons. The molecular weight excluding hydrogens is 445 g/mol. The van der Waals surface area contributed by atoms with E-state index in [4.69, 9.17) is 0 Å². The lowest BCUT2D eigenvalue weighted by molar-refractivity contribution is -0.137. The van der Waals surface area contributed by atoms with E-state index in [1.807, 2.05) is 4.90 Å². The number of ether oxygens (including phenoxy) is 1. The van der Waals surface area contributed by atoms with Crippen molar-refractivity contribution in [3.05, 3.63) is 64.7 Å². The van der Waals surface area contributed by atoms with E-state index in [0.29, 0.717) is 43.6 Å². The van der Waals surface area contributed by atoms with Crippen molar-refractivity contribution in [2.24, 2.45) is 0 Å². The Balaban J connectivity index is 1.59. The van der Waals surface area contributed by atoms with Crippen LogP contribution in [0.4, 0.5) is 13.2 Å². The van der Waals surface area contributed by atoms with Gasteiger partial charge in [0.05, 0.1) is 23.1 Å². The number of hydrogen-bond acceptors (Lipinski definition) is 5. The second kappa shape index (κ2) is 9.60. The minimum atomic E-state index is -4.38. The fourth-order valence-electron chi connectivity index (χ4n) is 3.79. The smallest absolute Gasteiger partial charge is 0.416 e. The molecule has 1 fully saturated rings. The molecule has 10 heteroatoms. The van der Waals surface area contributed by atoms with Gasteiger partial charge < -0.3 is 4.74 Å². The lowest BCUT2D eigenvalue weighted by atomic mass is 10.0. The Morgan fingerprint density at radius 3 is 2.44 bits per heavy atom. The molecule has 2 aromatic rings. The van der Waals surface area contributed by atoms with E-state index in [1.54, 1.807) is 13.0 Å². The number of benzene rings is 2. The summed E-state index contributed by atoms with van der Waals surface area (Å²) in [6.07, 6.45) is -3.30. The number of halogens is 3. The highest BCUT2D eigenvalue weighted by atomic mass is 32.2. The first kappa shape index (κ1) is 24.2. The Morgan fingerprint density at radius 1 is 1.16 bits per heavy atom. The molecule has 0 aliphatic carbocycles. The molecule has 0 unspecified atom stereocenters. The molecule has 32 heavy (non-hydrogen) atoms. The summed E-state index contributed by atoms with van der Waals surface area (Å²) in [6, 6.07) is 9.23. The van der Waals surface area contributed by atoms with Crippen LogP contribution in [0, 0.1) is 6.92 Å². The second-order valence-electron chi connectivity index (χ2n) is 7.84. The van der Waals surface area contributed by atoms with E-state index in [2.05, 4.69) is 9.46 Å². The highest BCUT2D eigenvalue weighted by Crippen LogP contribution is 2.30. The number of aryl methyl sites for hydroxylation is 1. The molecule has 0 aromatic heterocycles. The maximum Gasteiger partial charge on any atom is 0.416 e. The third-order valence-electron chi connectivity index (χ3n) is 5.46. The number of hydrogen-bond donors (Lipinski definition) is 1. The summed E-state index contributed by atoms with van der Waals surface area (Å²) in [5.41, 5.74) is 0.598. The van der Waals surface area contributed by atoms with Gasteiger partial charge in [0.25, 0.3) is 0 Å². The molecule has 0 amide bonds. The fraction of sp³-hybridized carbons (Fsp3) is 0.409. The van der Waals surface area contributed by atoms with Gasteiger partial charge in [0, 0.05) is 25.7 Å². The number of carbonyl (C=O) groups is 1. The summed E-state index contributed by atoms with van der Waals surface area (Å²) in [5.74, 6) is -0.543. The van der Waals surface area contributed by atoms with Gasteiger partial charge in [-0.05, 0) is 55.2 Å². The van der Waals surface area contributed by atoms with Gasteiger partial charge in [-0.1, -0.05) is 18.2 Å². The molecule has 0 atom stereocenters. The van der Waals surface area contributed by atoms with Gasteiger partial charge in [-0.15, -0.1) is 0 Å². The number of carbonyl (C=O) groups excluding carboxylic acids is 1. The molecule has 1 aliphatic heterocycles. The van der Waals surface area contributed by atoms with Crippen LogP contribution in [-0.4, -0.2) is 45.5 Å². The van der Waals surface area contributed by atoms with Crippen molar-refractivity contribution in [1.82, 2.24) is 9.62 Å². The molecule has 1 heterocycles. The van der Waals surface area contributed by atoms with Crippen LogP contribution in [-0.2, 0) is 27.5 Å². The molecule has 1 aliphatic rings. The van der Waals surface area contributed by atoms with E-state index < -0.39 is 27.7 Å². The largest absolute Gasteiger partial charge is 0.465 e. The van der Waals surface area contributed by atoms with E-state index in [0.717, 1.165) is 12.1 Å². The van der Waals surface area contributed by atoms with Crippen LogP contribution in [0.3, 0.4) is 0 Å². The van der Waals surface area contributed by atoms with Crippen molar-refractivity contribution in [3.8, 4) is 0 Å². The first-order valence-electron chi connectivity index (χ1n) is 10.1. The number of alkyl halides is 3. The molecule has 1 saturated heterocycles. The number of esters is 1. The molecule has 6 nitrogen and oxygen atoms in total. The van der Waals surface area contributed by atoms with Crippen LogP contribution in [0.1, 0.15) is 39.9 Å². The summed E-state index contributed by atoms with van der Waals surface area (Å²) >= 11 is 0. The average Bonchev–Trinajstić information content (AvgIpc) is 2.73. The van der Waals surface area contributed by atoms with Crippen molar-refractivity contribution < 1.29 is 31.1 Å². The normalized spacial score (nSPS) is 16.2. The number of nitrogens with zero attached hydrogens (tertiary/aromatic N) is 1. The van der Waals surface area contributed by atoms with Gasteiger partial charge in [-0.25, -0.2) is 17.9 Å². The molecule has 174 valence electrons. The maximum atomic E-state index is 12.9. The molecule has 3 rings (SSSR count). The molecule has 0 spiro atoms. The predicted molar refractivity (Wildman–Crippen MR) is 113 cm³/mol. The van der Waals surface area contributed by atoms with Crippen molar-refractivity contribution in [3.63, 3.8) is 0 Å². The predicted octanol–water partition coefficient (Wildman–Crippen LogP) is 3.74. The third-order valence-corrected chi connectivity index (χ3v) is 7.14. The second-order valence-corrected chi connectivity index (χ2v) is 9.52. The number of rotatable bonds is 6. The van der Waals surface area contributed by atoms with Gasteiger partial charge in [0.1, 0.15) is 0 Å². The number of methoxy groups -OCH3 is 1. The monoisotopic (exact) mass is 470 g/mol. The van der Waals surface area contributed by atoms with Crippen LogP contribution in [0.2, 0.25) is 0 Å². The summed E-state index contributed by atoms with van der Waals surface area (Å²) in [6.45, 7) is 3.10. The number of nitrogens with one attached hydrogen (secondary N) is 1. The molecule has 0 saturated carbocycles. The number of sulfonamides is 1. The first-order valence-corrected chi connectivity index (χ1v) is 11.6. The van der Waals surface area contributed by atoms with Gasteiger partial charge >= 0.3 is 12.1 Å². The number of piperidine rings is 1. The van der Waals surface area contributed by atoms with Gasteiger partial charge in [0.15, 0.2) is 0 Å². The summed E-state index contributed by atoms with van der Waals surface area (Å²) < 4.78 is 71.7. The average molecular weight is 471 g/mol. The van der Waals surface area contributed by atoms with Crippen molar-refractivity contribution >= 4 is 16.0 Å². The van der Waals surface area contributed by atoms with Crippen LogP contribution >= 0.6 is 0 Å². The molecule has 2 aromatic carbocycles. The molecular formula is C22H25F3N2O4S. The van der Waals surface area contributed by atoms with Gasteiger partial charge in [-0.2, -0.15) is 13.2 Å². The minimum Gasteiger partial charge on any atom is -0.465 e. The minimum absolute atomic E-state index is 0.0940.